The third-order valence-corrected chi connectivity index (χ3v) is 5.18. The van der Waals surface area contributed by atoms with Gasteiger partial charge in [-0.1, -0.05) is 48.0 Å². The molecule has 0 atom stereocenters. The van der Waals surface area contributed by atoms with Crippen LogP contribution in [0.25, 0.3) is 6.08 Å². The van der Waals surface area contributed by atoms with Crippen molar-refractivity contribution in [1.82, 2.24) is 14.8 Å². The first kappa shape index (κ1) is 24.2. The van der Waals surface area contributed by atoms with Crippen LogP contribution in [-0.4, -0.2) is 41.6 Å². The van der Waals surface area contributed by atoms with Gasteiger partial charge < -0.3 is 14.8 Å². The van der Waals surface area contributed by atoms with Gasteiger partial charge >= 0.3 is 0 Å². The van der Waals surface area contributed by atoms with E-state index in [0.29, 0.717) is 0 Å². The van der Waals surface area contributed by atoms with E-state index in [1.807, 2.05) is 12.3 Å². The zero-order valence-corrected chi connectivity index (χ0v) is 20.1. The van der Waals surface area contributed by atoms with Crippen LogP contribution in [-0.2, 0) is 6.54 Å². The molecular formula is C24H33IN4O. The topological polar surface area (TPSA) is 49.6 Å². The summed E-state index contributed by atoms with van der Waals surface area (Å²) in [6, 6.07) is 15.9. The van der Waals surface area contributed by atoms with Crippen LogP contribution in [0.5, 0.6) is 0 Å². The lowest BCUT2D eigenvalue weighted by atomic mass is 10.0. The standard InChI is InChI=1S/C24H32N4O.HI/c1-2-25-24(26-15-7-9-17-27-16-8-6-12-23(27)29)28-18-13-22(14-19-28)20-21-10-4-3-5-11-21;/h3-6,8,10-12,16,20H,2,7,9,13-15,17-19H2,1H3,(H,25,26);1H. The molecule has 30 heavy (non-hydrogen) atoms. The van der Waals surface area contributed by atoms with Gasteiger partial charge in [-0.05, 0) is 44.2 Å². The van der Waals surface area contributed by atoms with E-state index in [1.165, 1.54) is 11.1 Å². The molecule has 0 aliphatic carbocycles. The maximum Gasteiger partial charge on any atom is 0.250 e. The molecule has 1 aliphatic heterocycles. The van der Waals surface area contributed by atoms with Crippen LogP contribution in [0.1, 0.15) is 38.2 Å². The second kappa shape index (κ2) is 13.3. The highest BCUT2D eigenvalue weighted by Crippen LogP contribution is 2.19. The Morgan fingerprint density at radius 2 is 1.80 bits per heavy atom. The lowest BCUT2D eigenvalue weighted by Gasteiger charge is -2.31. The van der Waals surface area contributed by atoms with Crippen LogP contribution in [0, 0.1) is 0 Å². The highest BCUT2D eigenvalue weighted by Gasteiger charge is 2.17. The van der Waals surface area contributed by atoms with Crippen LogP contribution in [0.4, 0.5) is 0 Å². The summed E-state index contributed by atoms with van der Waals surface area (Å²) < 4.78 is 1.76. The molecule has 5 nitrogen and oxygen atoms in total. The van der Waals surface area contributed by atoms with Crippen LogP contribution >= 0.6 is 24.0 Å². The summed E-state index contributed by atoms with van der Waals surface area (Å²) in [7, 11) is 0. The maximum absolute atomic E-state index is 11.7. The van der Waals surface area contributed by atoms with Crippen molar-refractivity contribution in [3.05, 3.63) is 76.2 Å². The second-order valence-corrected chi connectivity index (χ2v) is 7.38. The number of piperidine rings is 1. The van der Waals surface area contributed by atoms with Crippen molar-refractivity contribution in [2.24, 2.45) is 4.99 Å². The molecule has 1 aliphatic rings. The van der Waals surface area contributed by atoms with Gasteiger partial charge in [0.15, 0.2) is 5.96 Å². The van der Waals surface area contributed by atoms with Crippen LogP contribution < -0.4 is 10.9 Å². The highest BCUT2D eigenvalue weighted by atomic mass is 127. The Kier molecular flexibility index (Phi) is 10.7. The van der Waals surface area contributed by atoms with Crippen molar-refractivity contribution in [3.63, 3.8) is 0 Å². The number of pyridine rings is 1. The minimum Gasteiger partial charge on any atom is -0.357 e. The zero-order chi connectivity index (χ0) is 20.3. The molecule has 1 N–H and O–H groups in total. The number of nitrogens with zero attached hydrogens (tertiary/aromatic N) is 3. The number of aliphatic imine (C=N–C) groups is 1. The number of likely N-dealkylation sites (tertiary alicyclic amines) is 1. The van der Waals surface area contributed by atoms with E-state index in [4.69, 9.17) is 4.99 Å². The number of unbranched alkanes of at least 4 members (excludes halogenated alkanes) is 1. The predicted octanol–water partition coefficient (Wildman–Crippen LogP) is 4.39. The minimum absolute atomic E-state index is 0. The first-order chi connectivity index (χ1) is 14.3. The van der Waals surface area contributed by atoms with E-state index in [-0.39, 0.29) is 29.5 Å². The van der Waals surface area contributed by atoms with Gasteiger partial charge in [0.1, 0.15) is 0 Å². The van der Waals surface area contributed by atoms with Crippen LogP contribution in [0.3, 0.4) is 0 Å². The van der Waals surface area contributed by atoms with Gasteiger partial charge in [0.2, 0.25) is 5.56 Å². The number of halogens is 1. The third kappa shape index (κ3) is 7.63. The van der Waals surface area contributed by atoms with Gasteiger partial charge in [0, 0.05) is 45.0 Å². The molecule has 1 aromatic carbocycles. The van der Waals surface area contributed by atoms with Gasteiger partial charge in [0.25, 0.3) is 0 Å². The summed E-state index contributed by atoms with van der Waals surface area (Å²) in [5, 5.41) is 3.44. The fraction of sp³-hybridized carbons (Fsp3) is 0.417. The molecule has 2 heterocycles. The van der Waals surface area contributed by atoms with E-state index in [2.05, 4.69) is 53.5 Å². The van der Waals surface area contributed by atoms with Crippen molar-refractivity contribution in [2.75, 3.05) is 26.2 Å². The molecule has 0 spiro atoms. The van der Waals surface area contributed by atoms with Gasteiger partial charge in [0.05, 0.1) is 0 Å². The number of aryl methyl sites for hydroxylation is 1. The number of benzene rings is 1. The number of guanidine groups is 1. The molecule has 1 saturated heterocycles. The molecule has 1 fully saturated rings. The number of hydrogen-bond acceptors (Lipinski definition) is 2. The smallest absolute Gasteiger partial charge is 0.250 e. The average Bonchev–Trinajstić information content (AvgIpc) is 2.75. The fourth-order valence-electron chi connectivity index (χ4n) is 3.59. The monoisotopic (exact) mass is 520 g/mol. The summed E-state index contributed by atoms with van der Waals surface area (Å²) in [6.07, 6.45) is 8.27. The van der Waals surface area contributed by atoms with E-state index < -0.39 is 0 Å². The molecule has 0 radical (unpaired) electrons. The van der Waals surface area contributed by atoms with Crippen molar-refractivity contribution < 1.29 is 0 Å². The Morgan fingerprint density at radius 3 is 2.50 bits per heavy atom. The van der Waals surface area contributed by atoms with Gasteiger partial charge in [-0.2, -0.15) is 0 Å². The maximum atomic E-state index is 11.7. The first-order valence-corrected chi connectivity index (χ1v) is 10.7. The molecule has 0 unspecified atom stereocenters. The Hall–Kier alpha value is -2.09. The Bertz CT molecular complexity index is 866. The van der Waals surface area contributed by atoms with Crippen molar-refractivity contribution in [1.29, 1.82) is 0 Å². The molecule has 1 aromatic heterocycles. The summed E-state index contributed by atoms with van der Waals surface area (Å²) in [5.41, 5.74) is 2.86. The van der Waals surface area contributed by atoms with Crippen molar-refractivity contribution in [3.8, 4) is 0 Å². The molecule has 162 valence electrons. The SMILES string of the molecule is CCNC(=NCCCCn1ccccc1=O)N1CCC(=Cc2ccccc2)CC1.I. The van der Waals surface area contributed by atoms with Crippen molar-refractivity contribution in [2.45, 2.75) is 39.2 Å². The Balaban J connectivity index is 0.00000320. The lowest BCUT2D eigenvalue weighted by Crippen LogP contribution is -2.44. The summed E-state index contributed by atoms with van der Waals surface area (Å²) >= 11 is 0. The van der Waals surface area contributed by atoms with E-state index >= 15 is 0 Å². The van der Waals surface area contributed by atoms with Gasteiger partial charge in [-0.15, -0.1) is 24.0 Å². The number of hydrogen-bond donors (Lipinski definition) is 1. The molecule has 0 bridgehead atoms. The minimum atomic E-state index is 0. The lowest BCUT2D eigenvalue weighted by molar-refractivity contribution is 0.375. The van der Waals surface area contributed by atoms with E-state index in [9.17, 15) is 4.79 Å². The molecule has 6 heteroatoms. The summed E-state index contributed by atoms with van der Waals surface area (Å²) in [6.45, 7) is 6.54. The quantitative estimate of drug-likeness (QED) is 0.255. The molecular weight excluding hydrogens is 487 g/mol. The largest absolute Gasteiger partial charge is 0.357 e. The summed E-state index contributed by atoms with van der Waals surface area (Å²) in [4.78, 5) is 18.9. The highest BCUT2D eigenvalue weighted by molar-refractivity contribution is 14.0. The van der Waals surface area contributed by atoms with Crippen LogP contribution in [0.2, 0.25) is 0 Å². The van der Waals surface area contributed by atoms with E-state index in [0.717, 1.165) is 64.4 Å². The number of rotatable bonds is 7. The molecule has 0 saturated carbocycles. The fourth-order valence-corrected chi connectivity index (χ4v) is 3.59. The van der Waals surface area contributed by atoms with E-state index in [1.54, 1.807) is 16.7 Å². The molecule has 3 rings (SSSR count). The summed E-state index contributed by atoms with van der Waals surface area (Å²) in [5.74, 6) is 1.02. The number of nitrogens with one attached hydrogen (secondary N) is 1. The van der Waals surface area contributed by atoms with Crippen LogP contribution in [0.15, 0.2) is 70.1 Å². The molecule has 2 aromatic rings. The van der Waals surface area contributed by atoms with Gasteiger partial charge in [-0.3, -0.25) is 9.79 Å². The molecule has 0 amide bonds. The third-order valence-electron chi connectivity index (χ3n) is 5.18. The zero-order valence-electron chi connectivity index (χ0n) is 17.8. The predicted molar refractivity (Wildman–Crippen MR) is 137 cm³/mol. The first-order valence-electron chi connectivity index (χ1n) is 10.7. The second-order valence-electron chi connectivity index (χ2n) is 7.38. The number of aromatic nitrogens is 1. The Labute approximate surface area is 196 Å². The van der Waals surface area contributed by atoms with Crippen molar-refractivity contribution >= 4 is 36.0 Å². The average molecular weight is 520 g/mol. The normalized spacial score (nSPS) is 14.2. The Morgan fingerprint density at radius 1 is 1.07 bits per heavy atom. The van der Waals surface area contributed by atoms with Gasteiger partial charge in [-0.25, -0.2) is 0 Å².